The van der Waals surface area contributed by atoms with Crippen LogP contribution >= 0.6 is 0 Å². The molecule has 2 atom stereocenters. The van der Waals surface area contributed by atoms with Gasteiger partial charge in [0.15, 0.2) is 0 Å². The molecule has 1 saturated heterocycles. The second-order valence-corrected chi connectivity index (χ2v) is 5.35. The van der Waals surface area contributed by atoms with Gasteiger partial charge >= 0.3 is 6.09 Å². The van der Waals surface area contributed by atoms with Gasteiger partial charge in [0, 0.05) is 26.3 Å². The van der Waals surface area contributed by atoms with E-state index in [4.69, 9.17) is 9.47 Å². The maximum Gasteiger partial charge on any atom is 0.406 e. The number of aryl methyl sites for hydroxylation is 1. The molecule has 1 aliphatic heterocycles. The Balaban J connectivity index is 1.70. The van der Waals surface area contributed by atoms with E-state index in [2.05, 4.69) is 34.1 Å². The summed E-state index contributed by atoms with van der Waals surface area (Å²) in [5.74, 6) is 0. The lowest BCUT2D eigenvalue weighted by molar-refractivity contribution is -0.0138. The van der Waals surface area contributed by atoms with E-state index >= 15 is 0 Å². The van der Waals surface area contributed by atoms with Crippen molar-refractivity contribution < 1.29 is 14.3 Å². The molecule has 0 aliphatic carbocycles. The maximum absolute atomic E-state index is 11.0. The van der Waals surface area contributed by atoms with Gasteiger partial charge < -0.3 is 25.4 Å². The summed E-state index contributed by atoms with van der Waals surface area (Å²) in [5.41, 5.74) is 2.47. The van der Waals surface area contributed by atoms with E-state index < -0.39 is 6.09 Å². The van der Waals surface area contributed by atoms with Crippen LogP contribution in [0.3, 0.4) is 0 Å². The van der Waals surface area contributed by atoms with Gasteiger partial charge in [-0.15, -0.1) is 0 Å². The minimum Gasteiger partial charge on any atom is -0.448 e. The molecule has 1 aromatic rings. The van der Waals surface area contributed by atoms with Crippen LogP contribution in [0.2, 0.25) is 0 Å². The third kappa shape index (κ3) is 4.89. The molecule has 1 fully saturated rings. The Morgan fingerprint density at radius 1 is 1.41 bits per heavy atom. The summed E-state index contributed by atoms with van der Waals surface area (Å²) in [4.78, 5) is 11.0. The first-order valence-corrected chi connectivity index (χ1v) is 7.68. The van der Waals surface area contributed by atoms with E-state index in [1.165, 1.54) is 11.3 Å². The van der Waals surface area contributed by atoms with E-state index in [-0.39, 0.29) is 12.1 Å². The molecule has 0 unspecified atom stereocenters. The van der Waals surface area contributed by atoms with Crippen molar-refractivity contribution in [2.75, 3.05) is 39.2 Å². The van der Waals surface area contributed by atoms with Gasteiger partial charge in [0.2, 0.25) is 0 Å². The van der Waals surface area contributed by atoms with Gasteiger partial charge in [-0.25, -0.2) is 4.79 Å². The molecule has 1 heterocycles. The van der Waals surface area contributed by atoms with Gasteiger partial charge in [-0.2, -0.15) is 0 Å². The lowest BCUT2D eigenvalue weighted by Gasteiger charge is -2.30. The maximum atomic E-state index is 11.0. The molecule has 3 N–H and O–H groups in total. The van der Waals surface area contributed by atoms with Crippen LogP contribution in [0, 0.1) is 0 Å². The van der Waals surface area contributed by atoms with Gasteiger partial charge in [0.25, 0.3) is 0 Å². The van der Waals surface area contributed by atoms with Crippen molar-refractivity contribution >= 4 is 11.8 Å². The molecule has 0 spiro atoms. The highest BCUT2D eigenvalue weighted by molar-refractivity contribution is 5.66. The second kappa shape index (κ2) is 8.60. The van der Waals surface area contributed by atoms with E-state index in [0.29, 0.717) is 13.2 Å². The van der Waals surface area contributed by atoms with Crippen LogP contribution in [0.4, 0.5) is 10.5 Å². The number of morpholine rings is 1. The van der Waals surface area contributed by atoms with Crippen molar-refractivity contribution in [3.8, 4) is 0 Å². The number of amides is 1. The smallest absolute Gasteiger partial charge is 0.406 e. The van der Waals surface area contributed by atoms with Crippen LogP contribution in [-0.2, 0) is 15.9 Å². The summed E-state index contributed by atoms with van der Waals surface area (Å²) in [6, 6.07) is 8.38. The predicted octanol–water partition coefficient (Wildman–Crippen LogP) is 1.37. The largest absolute Gasteiger partial charge is 0.448 e. The predicted molar refractivity (Wildman–Crippen MR) is 86.2 cm³/mol. The van der Waals surface area contributed by atoms with Crippen molar-refractivity contribution in [1.82, 2.24) is 10.6 Å². The van der Waals surface area contributed by atoms with E-state index in [1.54, 1.807) is 7.05 Å². The average Bonchev–Trinajstić information content (AvgIpc) is 2.58. The number of hydrogen-bond donors (Lipinski definition) is 3. The number of alkyl carbamates (subject to hydrolysis) is 1. The van der Waals surface area contributed by atoms with Crippen LogP contribution in [0.15, 0.2) is 24.3 Å². The second-order valence-electron chi connectivity index (χ2n) is 5.35. The molecule has 22 heavy (non-hydrogen) atoms. The highest BCUT2D eigenvalue weighted by Crippen LogP contribution is 2.18. The topological polar surface area (TPSA) is 71.6 Å². The molecule has 1 amide bonds. The van der Waals surface area contributed by atoms with Crippen molar-refractivity contribution in [2.45, 2.75) is 25.0 Å². The highest BCUT2D eigenvalue weighted by atomic mass is 16.6. The molecule has 2 rings (SSSR count). The number of rotatable bonds is 6. The number of nitrogens with one attached hydrogen (secondary N) is 3. The minimum absolute atomic E-state index is 0.0677. The zero-order valence-corrected chi connectivity index (χ0v) is 13.2. The van der Waals surface area contributed by atoms with E-state index in [1.807, 2.05) is 13.1 Å². The van der Waals surface area contributed by atoms with Crippen LogP contribution in [0.25, 0.3) is 0 Å². The summed E-state index contributed by atoms with van der Waals surface area (Å²) in [6.07, 6.45) is 1.73. The quantitative estimate of drug-likeness (QED) is 0.740. The monoisotopic (exact) mass is 307 g/mol. The van der Waals surface area contributed by atoms with Crippen LogP contribution in [0.1, 0.15) is 12.0 Å². The number of ether oxygens (including phenoxy) is 2. The fourth-order valence-electron chi connectivity index (χ4n) is 2.51. The molecule has 0 bridgehead atoms. The zero-order chi connectivity index (χ0) is 15.8. The molecular formula is C16H25N3O3. The number of para-hydroxylation sites is 1. The van der Waals surface area contributed by atoms with Crippen molar-refractivity contribution in [2.24, 2.45) is 0 Å². The molecule has 1 aliphatic rings. The van der Waals surface area contributed by atoms with Crippen LogP contribution in [-0.4, -0.2) is 52.1 Å². The van der Waals surface area contributed by atoms with E-state index in [9.17, 15) is 4.79 Å². The number of carbonyl (C=O) groups excluding carboxylic acids is 1. The van der Waals surface area contributed by atoms with Gasteiger partial charge in [0.05, 0.1) is 18.8 Å². The van der Waals surface area contributed by atoms with Crippen molar-refractivity contribution in [3.63, 3.8) is 0 Å². The Kier molecular flexibility index (Phi) is 6.48. The third-order valence-electron chi connectivity index (χ3n) is 3.81. The fourth-order valence-corrected chi connectivity index (χ4v) is 2.51. The van der Waals surface area contributed by atoms with E-state index in [0.717, 1.165) is 19.4 Å². The summed E-state index contributed by atoms with van der Waals surface area (Å²) in [7, 11) is 3.49. The van der Waals surface area contributed by atoms with Crippen molar-refractivity contribution in [3.05, 3.63) is 29.8 Å². The molecule has 6 heteroatoms. The Morgan fingerprint density at radius 2 is 2.23 bits per heavy atom. The SMILES string of the molecule is CNC(=O)OC[C@@H]1CO[C@H](CCc2ccccc2NC)CN1. The summed E-state index contributed by atoms with van der Waals surface area (Å²) >= 11 is 0. The van der Waals surface area contributed by atoms with Gasteiger partial charge in [0.1, 0.15) is 6.61 Å². The number of anilines is 1. The molecule has 122 valence electrons. The number of carbonyl (C=O) groups is 1. The standard InChI is InChI=1S/C16H25N3O3/c1-17-15-6-4-3-5-12(15)7-8-14-9-19-13(10-21-14)11-22-16(20)18-2/h3-6,13-14,17,19H,7-11H2,1-2H3,(H,18,20)/t13-,14+/m0/s1. The lowest BCUT2D eigenvalue weighted by Crippen LogP contribution is -2.49. The summed E-state index contributed by atoms with van der Waals surface area (Å²) in [6.45, 7) is 1.67. The zero-order valence-electron chi connectivity index (χ0n) is 13.2. The Morgan fingerprint density at radius 3 is 2.91 bits per heavy atom. The fraction of sp³-hybridized carbons (Fsp3) is 0.562. The molecule has 6 nitrogen and oxygen atoms in total. The van der Waals surface area contributed by atoms with Gasteiger partial charge in [-0.05, 0) is 24.5 Å². The first-order valence-electron chi connectivity index (χ1n) is 7.68. The first-order chi connectivity index (χ1) is 10.7. The molecular weight excluding hydrogens is 282 g/mol. The lowest BCUT2D eigenvalue weighted by atomic mass is 10.0. The van der Waals surface area contributed by atoms with Gasteiger partial charge in [-0.1, -0.05) is 18.2 Å². The highest BCUT2D eigenvalue weighted by Gasteiger charge is 2.22. The average molecular weight is 307 g/mol. The Bertz CT molecular complexity index is 473. The Labute approximate surface area is 131 Å². The van der Waals surface area contributed by atoms with Crippen molar-refractivity contribution in [1.29, 1.82) is 0 Å². The molecule has 1 aromatic carbocycles. The third-order valence-corrected chi connectivity index (χ3v) is 3.81. The minimum atomic E-state index is -0.410. The van der Waals surface area contributed by atoms with Crippen LogP contribution in [0.5, 0.6) is 0 Å². The number of hydrogen-bond acceptors (Lipinski definition) is 5. The molecule has 0 radical (unpaired) electrons. The normalized spacial score (nSPS) is 21.2. The first kappa shape index (κ1) is 16.6. The summed E-state index contributed by atoms with van der Waals surface area (Å²) in [5, 5.41) is 9.01. The molecule has 0 aromatic heterocycles. The molecule has 0 saturated carbocycles. The van der Waals surface area contributed by atoms with Crippen LogP contribution < -0.4 is 16.0 Å². The number of benzene rings is 1. The Hall–Kier alpha value is -1.79. The summed E-state index contributed by atoms with van der Waals surface area (Å²) < 4.78 is 10.9. The van der Waals surface area contributed by atoms with Gasteiger partial charge in [-0.3, -0.25) is 0 Å².